The number of hydrogen-bond donors (Lipinski definition) is 0. The number of para-hydroxylation sites is 1. The minimum absolute atomic E-state index is 0.0450. The van der Waals surface area contributed by atoms with Crippen molar-refractivity contribution in [2.45, 2.75) is 6.92 Å². The Morgan fingerprint density at radius 1 is 1.00 bits per heavy atom. The Labute approximate surface area is 157 Å². The van der Waals surface area contributed by atoms with Crippen LogP contribution in [0.4, 0.5) is 4.39 Å². The van der Waals surface area contributed by atoms with E-state index in [4.69, 9.17) is 11.6 Å². The molecule has 0 unspecified atom stereocenters. The van der Waals surface area contributed by atoms with Crippen molar-refractivity contribution in [1.82, 2.24) is 14.1 Å². The van der Waals surface area contributed by atoms with E-state index in [9.17, 15) is 14.0 Å². The first kappa shape index (κ1) is 17.2. The third kappa shape index (κ3) is 2.74. The minimum atomic E-state index is -0.728. The molecule has 0 aliphatic rings. The van der Waals surface area contributed by atoms with Gasteiger partial charge in [-0.05, 0) is 43.3 Å². The van der Waals surface area contributed by atoms with Gasteiger partial charge in [-0.1, -0.05) is 29.8 Å². The number of pyridine rings is 1. The fourth-order valence-corrected chi connectivity index (χ4v) is 3.21. The van der Waals surface area contributed by atoms with Crippen molar-refractivity contribution in [2.24, 2.45) is 0 Å². The summed E-state index contributed by atoms with van der Waals surface area (Å²) in [6.45, 7) is 1.70. The summed E-state index contributed by atoms with van der Waals surface area (Å²) >= 11 is 5.92. The van der Waals surface area contributed by atoms with Crippen LogP contribution in [0.5, 0.6) is 0 Å². The molecule has 4 aromatic rings. The second kappa shape index (κ2) is 6.48. The molecule has 0 aliphatic heterocycles. The summed E-state index contributed by atoms with van der Waals surface area (Å²) in [7, 11) is 0. The molecule has 134 valence electrons. The van der Waals surface area contributed by atoms with Crippen LogP contribution in [0.3, 0.4) is 0 Å². The average Bonchev–Trinajstić information content (AvgIpc) is 2.66. The Bertz CT molecular complexity index is 1300. The van der Waals surface area contributed by atoms with Gasteiger partial charge in [0.05, 0.1) is 33.0 Å². The van der Waals surface area contributed by atoms with Gasteiger partial charge >= 0.3 is 5.69 Å². The van der Waals surface area contributed by atoms with Crippen molar-refractivity contribution in [3.8, 4) is 11.4 Å². The SMILES string of the molecule is Cc1ncccc1-n1c(=O)c2cc(F)c(Cl)cc2n(-c2ccccc2)c1=O. The molecule has 7 heteroatoms. The van der Waals surface area contributed by atoms with E-state index < -0.39 is 17.1 Å². The van der Waals surface area contributed by atoms with Crippen LogP contribution in [0, 0.1) is 12.7 Å². The van der Waals surface area contributed by atoms with Gasteiger partial charge in [-0.2, -0.15) is 0 Å². The minimum Gasteiger partial charge on any atom is -0.268 e. The molecule has 2 aromatic carbocycles. The Balaban J connectivity index is 2.25. The highest BCUT2D eigenvalue weighted by Gasteiger charge is 2.19. The van der Waals surface area contributed by atoms with Crippen LogP contribution in [0.1, 0.15) is 5.69 Å². The van der Waals surface area contributed by atoms with Crippen molar-refractivity contribution < 1.29 is 4.39 Å². The zero-order valence-electron chi connectivity index (χ0n) is 14.2. The second-order valence-corrected chi connectivity index (χ2v) is 6.39. The Morgan fingerprint density at radius 3 is 2.44 bits per heavy atom. The van der Waals surface area contributed by atoms with E-state index in [2.05, 4.69) is 4.98 Å². The number of fused-ring (bicyclic) bond motifs is 1. The predicted octanol–water partition coefficient (Wildman–Crippen LogP) is 3.64. The van der Waals surface area contributed by atoms with E-state index in [1.807, 2.05) is 6.07 Å². The molecule has 0 aliphatic carbocycles. The fourth-order valence-electron chi connectivity index (χ4n) is 3.05. The van der Waals surface area contributed by atoms with E-state index in [0.29, 0.717) is 17.1 Å². The van der Waals surface area contributed by atoms with E-state index in [1.54, 1.807) is 49.5 Å². The topological polar surface area (TPSA) is 56.9 Å². The molecule has 5 nitrogen and oxygen atoms in total. The lowest BCUT2D eigenvalue weighted by Gasteiger charge is -2.15. The molecule has 0 fully saturated rings. The molecule has 0 N–H and O–H groups in total. The molecule has 0 radical (unpaired) electrons. The van der Waals surface area contributed by atoms with E-state index >= 15 is 0 Å². The van der Waals surface area contributed by atoms with Gasteiger partial charge < -0.3 is 0 Å². The van der Waals surface area contributed by atoms with Crippen LogP contribution in [0.25, 0.3) is 22.3 Å². The zero-order valence-corrected chi connectivity index (χ0v) is 14.9. The summed E-state index contributed by atoms with van der Waals surface area (Å²) < 4.78 is 16.4. The average molecular weight is 382 g/mol. The van der Waals surface area contributed by atoms with Crippen molar-refractivity contribution in [3.05, 3.63) is 98.2 Å². The van der Waals surface area contributed by atoms with Gasteiger partial charge in [0.15, 0.2) is 0 Å². The summed E-state index contributed by atoms with van der Waals surface area (Å²) in [6.07, 6.45) is 1.57. The number of halogens is 2. The highest BCUT2D eigenvalue weighted by Crippen LogP contribution is 2.22. The molecule has 0 atom stereocenters. The maximum atomic E-state index is 14.1. The normalized spacial score (nSPS) is 11.1. The van der Waals surface area contributed by atoms with Gasteiger partial charge in [-0.15, -0.1) is 0 Å². The largest absolute Gasteiger partial charge is 0.340 e. The van der Waals surface area contributed by atoms with Crippen LogP contribution in [-0.4, -0.2) is 14.1 Å². The van der Waals surface area contributed by atoms with Gasteiger partial charge in [0, 0.05) is 6.20 Å². The van der Waals surface area contributed by atoms with Crippen LogP contribution in [0.2, 0.25) is 5.02 Å². The summed E-state index contributed by atoms with van der Waals surface area (Å²) in [5.41, 5.74) is 0.400. The van der Waals surface area contributed by atoms with Gasteiger partial charge in [0.1, 0.15) is 5.82 Å². The quantitative estimate of drug-likeness (QED) is 0.532. The first-order valence-electron chi connectivity index (χ1n) is 8.13. The smallest absolute Gasteiger partial charge is 0.268 e. The van der Waals surface area contributed by atoms with Crippen molar-refractivity contribution >= 4 is 22.5 Å². The Kier molecular flexibility index (Phi) is 4.12. The first-order chi connectivity index (χ1) is 13.0. The maximum Gasteiger partial charge on any atom is 0.340 e. The van der Waals surface area contributed by atoms with E-state index in [1.165, 1.54) is 10.6 Å². The number of aromatic nitrogens is 3. The molecule has 0 bridgehead atoms. The molecule has 0 saturated carbocycles. The van der Waals surface area contributed by atoms with Crippen LogP contribution in [-0.2, 0) is 0 Å². The second-order valence-electron chi connectivity index (χ2n) is 5.99. The Morgan fingerprint density at radius 2 is 1.74 bits per heavy atom. The lowest BCUT2D eigenvalue weighted by molar-refractivity contribution is 0.629. The lowest BCUT2D eigenvalue weighted by atomic mass is 10.2. The van der Waals surface area contributed by atoms with Crippen molar-refractivity contribution in [3.63, 3.8) is 0 Å². The number of hydrogen-bond acceptors (Lipinski definition) is 3. The maximum absolute atomic E-state index is 14.1. The van der Waals surface area contributed by atoms with Gasteiger partial charge in [0.2, 0.25) is 0 Å². The standard InChI is InChI=1S/C20H13ClFN3O2/c1-12-17(8-5-9-23-12)25-19(26)14-10-16(22)15(21)11-18(14)24(20(25)27)13-6-3-2-4-7-13/h2-11H,1H3. The third-order valence-electron chi connectivity index (χ3n) is 4.33. The summed E-state index contributed by atoms with van der Waals surface area (Å²) in [5.74, 6) is -0.728. The number of benzene rings is 2. The first-order valence-corrected chi connectivity index (χ1v) is 8.51. The molecule has 2 heterocycles. The van der Waals surface area contributed by atoms with Crippen molar-refractivity contribution in [1.29, 1.82) is 0 Å². The Hall–Kier alpha value is -3.25. The molecule has 0 spiro atoms. The third-order valence-corrected chi connectivity index (χ3v) is 4.62. The van der Waals surface area contributed by atoms with Gasteiger partial charge in [-0.25, -0.2) is 13.8 Å². The molecule has 0 saturated heterocycles. The summed E-state index contributed by atoms with van der Waals surface area (Å²) in [4.78, 5) is 30.5. The van der Waals surface area contributed by atoms with Gasteiger partial charge in [-0.3, -0.25) is 14.3 Å². The monoisotopic (exact) mass is 381 g/mol. The fraction of sp³-hybridized carbons (Fsp3) is 0.0500. The molecular weight excluding hydrogens is 369 g/mol. The van der Waals surface area contributed by atoms with E-state index in [0.717, 1.165) is 10.6 Å². The lowest BCUT2D eigenvalue weighted by Crippen LogP contribution is -2.38. The molecule has 2 aromatic heterocycles. The molecule has 0 amide bonds. The summed E-state index contributed by atoms with van der Waals surface area (Å²) in [6, 6.07) is 14.4. The van der Waals surface area contributed by atoms with Crippen molar-refractivity contribution in [2.75, 3.05) is 0 Å². The molecular formula is C20H13ClFN3O2. The van der Waals surface area contributed by atoms with Gasteiger partial charge in [0.25, 0.3) is 5.56 Å². The summed E-state index contributed by atoms with van der Waals surface area (Å²) in [5, 5.41) is -0.120. The zero-order chi connectivity index (χ0) is 19.1. The highest BCUT2D eigenvalue weighted by molar-refractivity contribution is 6.31. The molecule has 4 rings (SSSR count). The predicted molar refractivity (Wildman–Crippen MR) is 103 cm³/mol. The highest BCUT2D eigenvalue weighted by atomic mass is 35.5. The van der Waals surface area contributed by atoms with Crippen LogP contribution >= 0.6 is 11.6 Å². The van der Waals surface area contributed by atoms with E-state index in [-0.39, 0.29) is 15.9 Å². The molecule has 27 heavy (non-hydrogen) atoms. The van der Waals surface area contributed by atoms with Crippen LogP contribution in [0.15, 0.2) is 70.4 Å². The van der Waals surface area contributed by atoms with Crippen LogP contribution < -0.4 is 11.2 Å². The number of aryl methyl sites for hydroxylation is 1. The number of nitrogens with zero attached hydrogens (tertiary/aromatic N) is 3. The number of rotatable bonds is 2.